The molecule has 1 aliphatic rings. The average Bonchev–Trinajstić information content (AvgIpc) is 2.76. The number of β-amino-alcohol motifs (C(OH)–C–C–N with tert-alkyl or cyclic N) is 2. The summed E-state index contributed by atoms with van der Waals surface area (Å²) < 4.78 is 13.8. The van der Waals surface area contributed by atoms with Crippen LogP contribution in [0.2, 0.25) is 0 Å². The van der Waals surface area contributed by atoms with Gasteiger partial charge in [-0.1, -0.05) is 11.8 Å². The van der Waals surface area contributed by atoms with Gasteiger partial charge in [0.25, 0.3) is 5.91 Å². The predicted octanol–water partition coefficient (Wildman–Crippen LogP) is -0.686. The standard InChI is InChI=1S/C14H15FN2O3/c15-11-6-10(4-3-9(11)2-1-5-16)14(20)17-7-12(18)13(19)8-17/h3-4,6,12-13,18-19H,5,7-8,16H2. The Kier molecular flexibility index (Phi) is 4.35. The van der Waals surface area contributed by atoms with Crippen LogP contribution in [0.15, 0.2) is 18.2 Å². The van der Waals surface area contributed by atoms with E-state index in [1.807, 2.05) is 0 Å². The van der Waals surface area contributed by atoms with Crippen molar-refractivity contribution in [3.8, 4) is 11.8 Å². The third-order valence-corrected chi connectivity index (χ3v) is 3.09. The number of carbonyl (C=O) groups excluding carboxylic acids is 1. The highest BCUT2D eigenvalue weighted by molar-refractivity contribution is 5.94. The van der Waals surface area contributed by atoms with Crippen LogP contribution in [-0.2, 0) is 0 Å². The van der Waals surface area contributed by atoms with Gasteiger partial charge in [-0.2, -0.15) is 0 Å². The number of nitrogens with zero attached hydrogens (tertiary/aromatic N) is 1. The van der Waals surface area contributed by atoms with Crippen LogP contribution in [0.25, 0.3) is 0 Å². The molecule has 1 fully saturated rings. The minimum atomic E-state index is -0.960. The van der Waals surface area contributed by atoms with Crippen LogP contribution in [0.5, 0.6) is 0 Å². The lowest BCUT2D eigenvalue weighted by Gasteiger charge is -2.15. The van der Waals surface area contributed by atoms with Crippen molar-refractivity contribution in [2.45, 2.75) is 12.2 Å². The summed E-state index contributed by atoms with van der Waals surface area (Å²) in [4.78, 5) is 13.4. The van der Waals surface area contributed by atoms with Gasteiger partial charge < -0.3 is 20.8 Å². The first-order valence-electron chi connectivity index (χ1n) is 6.17. The highest BCUT2D eigenvalue weighted by Crippen LogP contribution is 2.16. The fourth-order valence-electron chi connectivity index (χ4n) is 2.01. The fourth-order valence-corrected chi connectivity index (χ4v) is 2.01. The number of aliphatic hydroxyl groups excluding tert-OH is 2. The molecule has 1 aliphatic heterocycles. The summed E-state index contributed by atoms with van der Waals surface area (Å²) in [6.45, 7) is 0.205. The number of aliphatic hydroxyl groups is 2. The lowest BCUT2D eigenvalue weighted by Crippen LogP contribution is -2.29. The van der Waals surface area contributed by atoms with Crippen molar-refractivity contribution in [1.82, 2.24) is 4.90 Å². The van der Waals surface area contributed by atoms with Crippen molar-refractivity contribution in [3.05, 3.63) is 35.1 Å². The van der Waals surface area contributed by atoms with Gasteiger partial charge in [0.05, 0.1) is 24.3 Å². The van der Waals surface area contributed by atoms with Gasteiger partial charge in [0.1, 0.15) is 5.82 Å². The molecule has 0 bridgehead atoms. The Morgan fingerprint density at radius 3 is 2.60 bits per heavy atom. The zero-order valence-electron chi connectivity index (χ0n) is 10.7. The van der Waals surface area contributed by atoms with E-state index in [9.17, 15) is 19.4 Å². The Morgan fingerprint density at radius 1 is 1.40 bits per heavy atom. The van der Waals surface area contributed by atoms with Gasteiger partial charge in [0.15, 0.2) is 0 Å². The minimum Gasteiger partial charge on any atom is -0.388 e. The molecule has 2 unspecified atom stereocenters. The van der Waals surface area contributed by atoms with Gasteiger partial charge in [-0.05, 0) is 18.2 Å². The molecular weight excluding hydrogens is 263 g/mol. The lowest BCUT2D eigenvalue weighted by atomic mass is 10.1. The Morgan fingerprint density at radius 2 is 2.05 bits per heavy atom. The second-order valence-electron chi connectivity index (χ2n) is 4.55. The summed E-state index contributed by atoms with van der Waals surface area (Å²) in [6, 6.07) is 3.97. The number of halogens is 1. The van der Waals surface area contributed by atoms with Gasteiger partial charge in [-0.3, -0.25) is 4.79 Å². The Labute approximate surface area is 115 Å². The van der Waals surface area contributed by atoms with Crippen molar-refractivity contribution in [3.63, 3.8) is 0 Å². The molecular formula is C14H15FN2O3. The number of carbonyl (C=O) groups is 1. The first-order valence-corrected chi connectivity index (χ1v) is 6.17. The Bertz CT molecular complexity index is 570. The quantitative estimate of drug-likeness (QED) is 0.594. The van der Waals surface area contributed by atoms with Gasteiger partial charge in [0, 0.05) is 18.7 Å². The number of amides is 1. The largest absolute Gasteiger partial charge is 0.388 e. The third kappa shape index (κ3) is 2.96. The molecule has 1 aromatic rings. The van der Waals surface area contributed by atoms with Crippen molar-refractivity contribution in [1.29, 1.82) is 0 Å². The number of hydrogen-bond donors (Lipinski definition) is 3. The molecule has 1 amide bonds. The molecule has 2 rings (SSSR count). The van der Waals surface area contributed by atoms with Crippen LogP contribution in [-0.4, -0.2) is 52.9 Å². The molecule has 1 saturated heterocycles. The van der Waals surface area contributed by atoms with Gasteiger partial charge >= 0.3 is 0 Å². The number of hydrogen-bond acceptors (Lipinski definition) is 4. The molecule has 20 heavy (non-hydrogen) atoms. The number of benzene rings is 1. The summed E-state index contributed by atoms with van der Waals surface area (Å²) in [6.07, 6.45) is -1.92. The van der Waals surface area contributed by atoms with Crippen LogP contribution in [0.1, 0.15) is 15.9 Å². The smallest absolute Gasteiger partial charge is 0.254 e. The van der Waals surface area contributed by atoms with Crippen LogP contribution >= 0.6 is 0 Å². The molecule has 0 saturated carbocycles. The molecule has 1 heterocycles. The van der Waals surface area contributed by atoms with E-state index in [0.717, 1.165) is 6.07 Å². The minimum absolute atomic E-state index is 0.0380. The predicted molar refractivity (Wildman–Crippen MR) is 70.2 cm³/mol. The van der Waals surface area contributed by atoms with E-state index in [2.05, 4.69) is 11.8 Å². The molecule has 1 aromatic carbocycles. The van der Waals surface area contributed by atoms with Crippen LogP contribution in [0.4, 0.5) is 4.39 Å². The molecule has 0 radical (unpaired) electrons. The van der Waals surface area contributed by atoms with Crippen LogP contribution < -0.4 is 5.73 Å². The first-order chi connectivity index (χ1) is 9.52. The average molecular weight is 278 g/mol. The second-order valence-corrected chi connectivity index (χ2v) is 4.55. The van der Waals surface area contributed by atoms with E-state index in [0.29, 0.717) is 0 Å². The summed E-state index contributed by atoms with van der Waals surface area (Å²) >= 11 is 0. The second kappa shape index (κ2) is 6.01. The molecule has 0 spiro atoms. The summed E-state index contributed by atoms with van der Waals surface area (Å²) in [5.74, 6) is 4.07. The van der Waals surface area contributed by atoms with Gasteiger partial charge in [0.2, 0.25) is 0 Å². The topological polar surface area (TPSA) is 86.8 Å². The summed E-state index contributed by atoms with van der Waals surface area (Å²) in [7, 11) is 0. The Balaban J connectivity index is 2.17. The normalized spacial score (nSPS) is 21.5. The maximum atomic E-state index is 13.8. The zero-order chi connectivity index (χ0) is 14.7. The number of nitrogens with two attached hydrogens (primary N) is 1. The number of likely N-dealkylation sites (tertiary alicyclic amines) is 1. The van der Waals surface area contributed by atoms with Crippen molar-refractivity contribution >= 4 is 5.91 Å². The van der Waals surface area contributed by atoms with E-state index in [1.54, 1.807) is 0 Å². The monoisotopic (exact) mass is 278 g/mol. The Hall–Kier alpha value is -1.94. The van der Waals surface area contributed by atoms with E-state index in [-0.39, 0.29) is 30.8 Å². The van der Waals surface area contributed by atoms with Crippen molar-refractivity contribution in [2.75, 3.05) is 19.6 Å². The highest BCUT2D eigenvalue weighted by Gasteiger charge is 2.33. The zero-order valence-corrected chi connectivity index (χ0v) is 10.7. The molecule has 2 atom stereocenters. The van der Waals surface area contributed by atoms with Gasteiger partial charge in [-0.25, -0.2) is 4.39 Å². The summed E-state index contributed by atoms with van der Waals surface area (Å²) in [5.41, 5.74) is 5.54. The fraction of sp³-hybridized carbons (Fsp3) is 0.357. The van der Waals surface area contributed by atoms with E-state index in [1.165, 1.54) is 17.0 Å². The van der Waals surface area contributed by atoms with E-state index < -0.39 is 23.9 Å². The van der Waals surface area contributed by atoms with Crippen molar-refractivity contribution < 1.29 is 19.4 Å². The number of rotatable bonds is 1. The molecule has 5 nitrogen and oxygen atoms in total. The van der Waals surface area contributed by atoms with Crippen LogP contribution in [0.3, 0.4) is 0 Å². The van der Waals surface area contributed by atoms with Crippen molar-refractivity contribution in [2.24, 2.45) is 5.73 Å². The molecule has 0 aromatic heterocycles. The first kappa shape index (κ1) is 14.5. The molecule has 4 N–H and O–H groups in total. The third-order valence-electron chi connectivity index (χ3n) is 3.09. The molecule has 6 heteroatoms. The SMILES string of the molecule is NCC#Cc1ccc(C(=O)N2CC(O)C(O)C2)cc1F. The summed E-state index contributed by atoms with van der Waals surface area (Å²) in [5, 5.41) is 18.8. The maximum absolute atomic E-state index is 13.8. The lowest BCUT2D eigenvalue weighted by molar-refractivity contribution is 0.0572. The maximum Gasteiger partial charge on any atom is 0.254 e. The van der Waals surface area contributed by atoms with E-state index >= 15 is 0 Å². The molecule has 0 aliphatic carbocycles. The van der Waals surface area contributed by atoms with Gasteiger partial charge in [-0.15, -0.1) is 0 Å². The highest BCUT2D eigenvalue weighted by atomic mass is 19.1. The van der Waals surface area contributed by atoms with E-state index in [4.69, 9.17) is 5.73 Å². The molecule has 106 valence electrons. The van der Waals surface area contributed by atoms with Crippen LogP contribution in [0, 0.1) is 17.7 Å².